The highest BCUT2D eigenvalue weighted by atomic mass is 32.2. The molecule has 4 rings (SSSR count). The predicted molar refractivity (Wildman–Crippen MR) is 121 cm³/mol. The van der Waals surface area contributed by atoms with E-state index in [1.807, 2.05) is 6.92 Å². The molecule has 32 heavy (non-hydrogen) atoms. The summed E-state index contributed by atoms with van der Waals surface area (Å²) in [6.45, 7) is 2.87. The normalized spacial score (nSPS) is 11.4. The Morgan fingerprint density at radius 2 is 1.72 bits per heavy atom. The van der Waals surface area contributed by atoms with Gasteiger partial charge in [0.2, 0.25) is 9.84 Å². The van der Waals surface area contributed by atoms with Crippen LogP contribution in [-0.4, -0.2) is 30.9 Å². The largest absolute Gasteiger partial charge is 0.494 e. The molecular weight excluding hydrogens is 426 g/mol. The highest BCUT2D eigenvalue weighted by Gasteiger charge is 2.18. The van der Waals surface area contributed by atoms with Crippen LogP contribution in [0.15, 0.2) is 82.8 Å². The number of aromatic nitrogens is 2. The van der Waals surface area contributed by atoms with Crippen molar-refractivity contribution in [1.29, 1.82) is 0 Å². The third-order valence-electron chi connectivity index (χ3n) is 4.96. The van der Waals surface area contributed by atoms with E-state index in [0.717, 1.165) is 22.9 Å². The van der Waals surface area contributed by atoms with Crippen molar-refractivity contribution in [3.63, 3.8) is 0 Å². The van der Waals surface area contributed by atoms with E-state index >= 15 is 0 Å². The zero-order chi connectivity index (χ0) is 22.6. The number of hydrogen-bond acceptors (Lipinski definition) is 5. The van der Waals surface area contributed by atoms with E-state index in [-0.39, 0.29) is 22.2 Å². The van der Waals surface area contributed by atoms with E-state index in [0.29, 0.717) is 18.1 Å². The highest BCUT2D eigenvalue weighted by Crippen LogP contribution is 2.23. The Hall–Kier alpha value is -3.65. The van der Waals surface area contributed by atoms with Crippen molar-refractivity contribution in [2.45, 2.75) is 29.7 Å². The topological polar surface area (TPSA) is 101 Å². The minimum atomic E-state index is -3.64. The van der Waals surface area contributed by atoms with Crippen molar-refractivity contribution in [1.82, 2.24) is 15.3 Å². The molecule has 1 amide bonds. The van der Waals surface area contributed by atoms with Gasteiger partial charge in [0, 0.05) is 29.8 Å². The second kappa shape index (κ2) is 9.23. The van der Waals surface area contributed by atoms with Gasteiger partial charge in [-0.1, -0.05) is 19.1 Å². The zero-order valence-electron chi connectivity index (χ0n) is 17.5. The van der Waals surface area contributed by atoms with Crippen molar-refractivity contribution in [3.05, 3.63) is 84.3 Å². The van der Waals surface area contributed by atoms with Crippen LogP contribution in [0.25, 0.3) is 10.9 Å². The molecule has 0 unspecified atom stereocenters. The number of H-pyrrole nitrogens is 1. The van der Waals surface area contributed by atoms with Gasteiger partial charge in [-0.25, -0.2) is 8.42 Å². The van der Waals surface area contributed by atoms with E-state index in [1.165, 1.54) is 0 Å². The molecule has 164 valence electrons. The number of benzene rings is 2. The van der Waals surface area contributed by atoms with Crippen LogP contribution >= 0.6 is 0 Å². The van der Waals surface area contributed by atoms with Gasteiger partial charge in [0.1, 0.15) is 11.4 Å². The molecule has 0 aliphatic heterocycles. The van der Waals surface area contributed by atoms with Crippen molar-refractivity contribution in [2.24, 2.45) is 0 Å². The van der Waals surface area contributed by atoms with Crippen LogP contribution in [0.5, 0.6) is 5.75 Å². The smallest absolute Gasteiger partial charge is 0.267 e. The molecule has 8 heteroatoms. The third kappa shape index (κ3) is 4.65. The molecule has 2 N–H and O–H groups in total. The maximum atomic E-state index is 12.9. The second-order valence-electron chi connectivity index (χ2n) is 7.30. The predicted octanol–water partition coefficient (Wildman–Crippen LogP) is 4.11. The molecule has 0 bridgehead atoms. The monoisotopic (exact) mass is 449 g/mol. The van der Waals surface area contributed by atoms with Crippen LogP contribution in [0, 0.1) is 0 Å². The Bertz CT molecular complexity index is 1290. The van der Waals surface area contributed by atoms with E-state index in [2.05, 4.69) is 15.3 Å². The van der Waals surface area contributed by atoms with Crippen molar-refractivity contribution < 1.29 is 17.9 Å². The number of carbonyl (C=O) groups excluding carboxylic acids is 1. The lowest BCUT2D eigenvalue weighted by Gasteiger charge is -2.09. The number of aromatic amines is 1. The van der Waals surface area contributed by atoms with Crippen molar-refractivity contribution in [2.75, 3.05) is 6.61 Å². The number of rotatable bonds is 8. The first-order valence-electron chi connectivity index (χ1n) is 10.2. The first-order valence-corrected chi connectivity index (χ1v) is 11.7. The average molecular weight is 450 g/mol. The number of nitrogens with one attached hydrogen (secondary N) is 2. The first-order chi connectivity index (χ1) is 15.5. The molecule has 2 heterocycles. The number of nitrogens with zero attached hydrogens (tertiary/aromatic N) is 1. The molecule has 0 spiro atoms. The number of pyridine rings is 1. The molecule has 2 aromatic heterocycles. The van der Waals surface area contributed by atoms with Crippen LogP contribution < -0.4 is 10.1 Å². The van der Waals surface area contributed by atoms with Gasteiger partial charge < -0.3 is 15.0 Å². The summed E-state index contributed by atoms with van der Waals surface area (Å²) >= 11 is 0. The minimum Gasteiger partial charge on any atom is -0.494 e. The Kier molecular flexibility index (Phi) is 6.23. The molecular formula is C24H23N3O4S. The molecule has 0 aliphatic carbocycles. The summed E-state index contributed by atoms with van der Waals surface area (Å²) in [5.41, 5.74) is 2.07. The van der Waals surface area contributed by atoms with Gasteiger partial charge in [-0.05, 0) is 60.5 Å². The fraction of sp³-hybridized carbons (Fsp3) is 0.167. The standard InChI is InChI=1S/C24H23N3O4S/c1-2-13-31-19-5-9-21(10-6-19)32(29,30)20-7-3-17(4-8-20)15-26-24(28)23-14-18-16-25-12-11-22(18)27-23/h3-12,14,16,27H,2,13,15H2,1H3,(H,26,28). The summed E-state index contributed by atoms with van der Waals surface area (Å²) < 4.78 is 31.3. The summed E-state index contributed by atoms with van der Waals surface area (Å²) in [6.07, 6.45) is 4.23. The number of amides is 1. The number of carbonyl (C=O) groups is 1. The van der Waals surface area contributed by atoms with E-state index in [1.54, 1.807) is 73.1 Å². The molecule has 4 aromatic rings. The zero-order valence-corrected chi connectivity index (χ0v) is 18.4. The van der Waals surface area contributed by atoms with Crippen LogP contribution in [0.4, 0.5) is 0 Å². The lowest BCUT2D eigenvalue weighted by molar-refractivity contribution is 0.0946. The van der Waals surface area contributed by atoms with Gasteiger partial charge in [0.25, 0.3) is 5.91 Å². The lowest BCUT2D eigenvalue weighted by atomic mass is 10.2. The molecule has 0 atom stereocenters. The number of fused-ring (bicyclic) bond motifs is 1. The average Bonchev–Trinajstić information content (AvgIpc) is 3.26. The summed E-state index contributed by atoms with van der Waals surface area (Å²) in [7, 11) is -3.64. The summed E-state index contributed by atoms with van der Waals surface area (Å²) in [5.74, 6) is 0.395. The Balaban J connectivity index is 1.41. The minimum absolute atomic E-state index is 0.193. The second-order valence-corrected chi connectivity index (χ2v) is 9.25. The molecule has 0 fully saturated rings. The molecule has 0 saturated carbocycles. The maximum absolute atomic E-state index is 12.9. The summed E-state index contributed by atoms with van der Waals surface area (Å²) in [5, 5.41) is 3.69. The molecule has 0 radical (unpaired) electrons. The highest BCUT2D eigenvalue weighted by molar-refractivity contribution is 7.91. The lowest BCUT2D eigenvalue weighted by Crippen LogP contribution is -2.23. The summed E-state index contributed by atoms with van der Waals surface area (Å²) in [4.78, 5) is 19.9. The fourth-order valence-corrected chi connectivity index (χ4v) is 4.49. The number of hydrogen-bond donors (Lipinski definition) is 2. The van der Waals surface area contributed by atoms with Gasteiger partial charge in [-0.2, -0.15) is 0 Å². The quantitative estimate of drug-likeness (QED) is 0.421. The molecule has 0 saturated heterocycles. The van der Waals surface area contributed by atoms with Crippen LogP contribution in [0.2, 0.25) is 0 Å². The van der Waals surface area contributed by atoms with Crippen LogP contribution in [-0.2, 0) is 16.4 Å². The SMILES string of the molecule is CCCOc1ccc(S(=O)(=O)c2ccc(CNC(=O)c3cc4cnccc4[nH]3)cc2)cc1. The number of ether oxygens (including phenoxy) is 1. The Morgan fingerprint density at radius 1 is 1.03 bits per heavy atom. The van der Waals surface area contributed by atoms with Gasteiger partial charge in [-0.3, -0.25) is 9.78 Å². The van der Waals surface area contributed by atoms with E-state index in [4.69, 9.17) is 4.74 Å². The van der Waals surface area contributed by atoms with Gasteiger partial charge >= 0.3 is 0 Å². The maximum Gasteiger partial charge on any atom is 0.267 e. The van der Waals surface area contributed by atoms with Crippen LogP contribution in [0.1, 0.15) is 29.4 Å². The Morgan fingerprint density at radius 3 is 2.38 bits per heavy atom. The molecule has 0 aliphatic rings. The number of sulfone groups is 1. The van der Waals surface area contributed by atoms with E-state index in [9.17, 15) is 13.2 Å². The Labute approximate surface area is 186 Å². The van der Waals surface area contributed by atoms with Gasteiger partial charge in [0.15, 0.2) is 0 Å². The van der Waals surface area contributed by atoms with Crippen LogP contribution in [0.3, 0.4) is 0 Å². The summed E-state index contributed by atoms with van der Waals surface area (Å²) in [6, 6.07) is 16.4. The fourth-order valence-electron chi connectivity index (χ4n) is 3.23. The third-order valence-corrected chi connectivity index (χ3v) is 6.74. The van der Waals surface area contributed by atoms with Gasteiger partial charge in [-0.15, -0.1) is 0 Å². The molecule has 2 aromatic carbocycles. The van der Waals surface area contributed by atoms with E-state index < -0.39 is 9.84 Å². The molecule has 7 nitrogen and oxygen atoms in total. The van der Waals surface area contributed by atoms with Gasteiger partial charge in [0.05, 0.1) is 16.4 Å². The first kappa shape index (κ1) is 21.6. The van der Waals surface area contributed by atoms with Crippen molar-refractivity contribution >= 4 is 26.6 Å². The van der Waals surface area contributed by atoms with Crippen molar-refractivity contribution in [3.8, 4) is 5.75 Å².